The van der Waals surface area contributed by atoms with E-state index in [4.69, 9.17) is 4.74 Å². The van der Waals surface area contributed by atoms with Crippen molar-refractivity contribution in [2.75, 3.05) is 38.2 Å². The number of amides is 1. The normalized spacial score (nSPS) is 17.8. The number of carbonyl (C=O) groups is 2. The molecule has 1 aromatic heterocycles. The molecule has 164 valence electrons. The van der Waals surface area contributed by atoms with Gasteiger partial charge >= 0.3 is 5.97 Å². The Balaban J connectivity index is 1.28. The van der Waals surface area contributed by atoms with E-state index in [1.807, 2.05) is 4.90 Å². The number of esters is 1. The van der Waals surface area contributed by atoms with E-state index in [2.05, 4.69) is 15.1 Å². The summed E-state index contributed by atoms with van der Waals surface area (Å²) in [4.78, 5) is 28.2. The van der Waals surface area contributed by atoms with E-state index in [1.165, 1.54) is 44.2 Å². The summed E-state index contributed by atoms with van der Waals surface area (Å²) in [5, 5.41) is 11.0. The summed E-state index contributed by atoms with van der Waals surface area (Å²) in [6.45, 7) is 2.88. The topological polar surface area (TPSA) is 75.6 Å². The van der Waals surface area contributed by atoms with Gasteiger partial charge in [-0.1, -0.05) is 42.7 Å². The van der Waals surface area contributed by atoms with Gasteiger partial charge in [-0.15, -0.1) is 10.2 Å². The van der Waals surface area contributed by atoms with E-state index < -0.39 is 0 Å². The highest BCUT2D eigenvalue weighted by Crippen LogP contribution is 2.36. The first-order chi connectivity index (χ1) is 15.1. The SMILES string of the molecule is COC(=O)c1ccc(/C=C/C(=O)N2CCN(c3nnc(C4CCCCC4)s3)CC2)cc1. The second-order valence-electron chi connectivity index (χ2n) is 8.02. The Morgan fingerprint density at radius 2 is 1.74 bits per heavy atom. The molecular weight excluding hydrogens is 412 g/mol. The number of carbonyl (C=O) groups excluding carboxylic acids is 2. The van der Waals surface area contributed by atoms with Crippen LogP contribution in [0.3, 0.4) is 0 Å². The fourth-order valence-electron chi connectivity index (χ4n) is 4.11. The zero-order valence-corrected chi connectivity index (χ0v) is 18.6. The fraction of sp³-hybridized carbons (Fsp3) is 0.478. The van der Waals surface area contributed by atoms with Crippen molar-refractivity contribution in [1.29, 1.82) is 0 Å². The van der Waals surface area contributed by atoms with Crippen LogP contribution in [0.15, 0.2) is 30.3 Å². The first kappa shape index (κ1) is 21.5. The van der Waals surface area contributed by atoms with Crippen LogP contribution in [0.2, 0.25) is 0 Å². The van der Waals surface area contributed by atoms with Crippen molar-refractivity contribution in [3.8, 4) is 0 Å². The van der Waals surface area contributed by atoms with E-state index in [0.717, 1.165) is 23.8 Å². The Morgan fingerprint density at radius 3 is 2.42 bits per heavy atom. The number of aromatic nitrogens is 2. The van der Waals surface area contributed by atoms with Crippen molar-refractivity contribution in [3.63, 3.8) is 0 Å². The van der Waals surface area contributed by atoms with E-state index >= 15 is 0 Å². The fourth-order valence-corrected chi connectivity index (χ4v) is 5.17. The van der Waals surface area contributed by atoms with Crippen molar-refractivity contribution < 1.29 is 14.3 Å². The summed E-state index contributed by atoms with van der Waals surface area (Å²) in [5.74, 6) is 0.206. The summed E-state index contributed by atoms with van der Waals surface area (Å²) in [6.07, 6.45) is 9.76. The maximum atomic E-state index is 12.6. The zero-order valence-electron chi connectivity index (χ0n) is 17.8. The molecule has 1 aliphatic heterocycles. The van der Waals surface area contributed by atoms with Gasteiger partial charge in [-0.3, -0.25) is 4.79 Å². The van der Waals surface area contributed by atoms with Crippen LogP contribution in [-0.4, -0.2) is 60.3 Å². The molecule has 8 heteroatoms. The Labute approximate surface area is 186 Å². The van der Waals surface area contributed by atoms with E-state index in [0.29, 0.717) is 24.6 Å². The highest BCUT2D eigenvalue weighted by molar-refractivity contribution is 7.15. The van der Waals surface area contributed by atoms with Crippen LogP contribution in [0.4, 0.5) is 5.13 Å². The number of anilines is 1. The second kappa shape index (κ2) is 10.0. The summed E-state index contributed by atoms with van der Waals surface area (Å²) in [5.41, 5.74) is 1.36. The number of benzene rings is 1. The van der Waals surface area contributed by atoms with E-state index in [-0.39, 0.29) is 11.9 Å². The molecule has 2 fully saturated rings. The van der Waals surface area contributed by atoms with Crippen molar-refractivity contribution in [2.24, 2.45) is 0 Å². The van der Waals surface area contributed by atoms with Gasteiger partial charge < -0.3 is 14.5 Å². The molecule has 0 bridgehead atoms. The molecule has 0 atom stereocenters. The zero-order chi connectivity index (χ0) is 21.6. The first-order valence-corrected chi connectivity index (χ1v) is 11.7. The molecule has 0 unspecified atom stereocenters. The van der Waals surface area contributed by atoms with Gasteiger partial charge in [-0.25, -0.2) is 4.79 Å². The van der Waals surface area contributed by atoms with Crippen LogP contribution < -0.4 is 4.90 Å². The maximum absolute atomic E-state index is 12.6. The average molecular weight is 441 g/mol. The standard InChI is InChI=1S/C23H28N4O3S/c1-30-22(29)19-10-7-17(8-11-19)9-12-20(28)26-13-15-27(16-14-26)23-25-24-21(31-23)18-5-3-2-4-6-18/h7-12,18H,2-6,13-16H2,1H3/b12-9+. The Kier molecular flexibility index (Phi) is 6.96. The lowest BCUT2D eigenvalue weighted by atomic mass is 9.90. The van der Waals surface area contributed by atoms with Crippen LogP contribution >= 0.6 is 11.3 Å². The molecule has 1 aliphatic carbocycles. The number of methoxy groups -OCH3 is 1. The van der Waals surface area contributed by atoms with Gasteiger partial charge in [0.05, 0.1) is 12.7 Å². The van der Waals surface area contributed by atoms with Crippen LogP contribution in [0, 0.1) is 0 Å². The summed E-state index contributed by atoms with van der Waals surface area (Å²) in [6, 6.07) is 6.98. The molecule has 1 saturated heterocycles. The number of nitrogens with zero attached hydrogens (tertiary/aromatic N) is 4. The molecular formula is C23H28N4O3S. The minimum absolute atomic E-state index is 0.00291. The van der Waals surface area contributed by atoms with Crippen LogP contribution in [0.5, 0.6) is 0 Å². The number of ether oxygens (including phenoxy) is 1. The Hall–Kier alpha value is -2.74. The van der Waals surface area contributed by atoms with Gasteiger partial charge in [0.25, 0.3) is 0 Å². The molecule has 7 nitrogen and oxygen atoms in total. The minimum Gasteiger partial charge on any atom is -0.465 e. The molecule has 1 amide bonds. The average Bonchev–Trinajstić information content (AvgIpc) is 3.33. The highest BCUT2D eigenvalue weighted by Gasteiger charge is 2.24. The molecule has 0 radical (unpaired) electrons. The van der Waals surface area contributed by atoms with Gasteiger partial charge in [-0.05, 0) is 36.6 Å². The molecule has 2 aromatic rings. The molecule has 2 aliphatic rings. The third kappa shape index (κ3) is 5.31. The van der Waals surface area contributed by atoms with Gasteiger partial charge in [0.15, 0.2) is 0 Å². The van der Waals surface area contributed by atoms with Crippen molar-refractivity contribution in [2.45, 2.75) is 38.0 Å². The van der Waals surface area contributed by atoms with E-state index in [9.17, 15) is 9.59 Å². The van der Waals surface area contributed by atoms with Crippen molar-refractivity contribution in [1.82, 2.24) is 15.1 Å². The summed E-state index contributed by atoms with van der Waals surface area (Å²) >= 11 is 1.72. The predicted octanol–water partition coefficient (Wildman–Crippen LogP) is 3.73. The van der Waals surface area contributed by atoms with Crippen LogP contribution in [0.1, 0.15) is 59.0 Å². The Morgan fingerprint density at radius 1 is 1.03 bits per heavy atom. The van der Waals surface area contributed by atoms with Gasteiger partial charge in [-0.2, -0.15) is 0 Å². The van der Waals surface area contributed by atoms with Gasteiger partial charge in [0, 0.05) is 38.2 Å². The maximum Gasteiger partial charge on any atom is 0.337 e. The third-order valence-corrected chi connectivity index (χ3v) is 7.14. The predicted molar refractivity (Wildman–Crippen MR) is 121 cm³/mol. The van der Waals surface area contributed by atoms with Crippen LogP contribution in [0.25, 0.3) is 6.08 Å². The van der Waals surface area contributed by atoms with Gasteiger partial charge in [0.1, 0.15) is 5.01 Å². The summed E-state index contributed by atoms with van der Waals surface area (Å²) < 4.78 is 4.70. The highest BCUT2D eigenvalue weighted by atomic mass is 32.1. The second-order valence-corrected chi connectivity index (χ2v) is 9.00. The van der Waals surface area contributed by atoms with Crippen molar-refractivity contribution in [3.05, 3.63) is 46.5 Å². The summed E-state index contributed by atoms with van der Waals surface area (Å²) in [7, 11) is 1.36. The lowest BCUT2D eigenvalue weighted by molar-refractivity contribution is -0.126. The number of hydrogen-bond acceptors (Lipinski definition) is 7. The number of rotatable bonds is 5. The third-order valence-electron chi connectivity index (χ3n) is 6.00. The molecule has 31 heavy (non-hydrogen) atoms. The lowest BCUT2D eigenvalue weighted by Crippen LogP contribution is -2.48. The molecule has 1 aromatic carbocycles. The van der Waals surface area contributed by atoms with Gasteiger partial charge in [0.2, 0.25) is 11.0 Å². The minimum atomic E-state index is -0.370. The molecule has 4 rings (SSSR count). The quantitative estimate of drug-likeness (QED) is 0.521. The molecule has 0 spiro atoms. The monoisotopic (exact) mass is 440 g/mol. The molecule has 1 saturated carbocycles. The van der Waals surface area contributed by atoms with Crippen LogP contribution in [-0.2, 0) is 9.53 Å². The number of piperazine rings is 1. The molecule has 2 heterocycles. The van der Waals surface area contributed by atoms with E-state index in [1.54, 1.807) is 47.8 Å². The lowest BCUT2D eigenvalue weighted by Gasteiger charge is -2.33. The largest absolute Gasteiger partial charge is 0.465 e. The smallest absolute Gasteiger partial charge is 0.337 e. The number of hydrogen-bond donors (Lipinski definition) is 0. The van der Waals surface area contributed by atoms with Crippen molar-refractivity contribution >= 4 is 34.4 Å². The first-order valence-electron chi connectivity index (χ1n) is 10.9. The molecule has 0 N–H and O–H groups in total. The Bertz CT molecular complexity index is 927.